The van der Waals surface area contributed by atoms with Gasteiger partial charge in [-0.05, 0) is 57.8 Å². The molecule has 0 saturated heterocycles. The van der Waals surface area contributed by atoms with Crippen LogP contribution in [0.25, 0.3) is 0 Å². The minimum Gasteiger partial charge on any atom is -0.545 e. The fourth-order valence-electron chi connectivity index (χ4n) is 8.80. The molecule has 9 nitrogen and oxygen atoms in total. The average molecular weight is 1040 g/mol. The summed E-state index contributed by atoms with van der Waals surface area (Å²) < 4.78 is 22.8. The number of carboxylic acids is 1. The number of quaternary nitrogens is 1. The third kappa shape index (κ3) is 56.7. The first-order valence-electron chi connectivity index (χ1n) is 30.9. The van der Waals surface area contributed by atoms with Crippen LogP contribution in [0.2, 0.25) is 0 Å². The van der Waals surface area contributed by atoms with E-state index in [1.54, 1.807) is 0 Å². The second-order valence-corrected chi connectivity index (χ2v) is 22.0. The van der Waals surface area contributed by atoms with Crippen molar-refractivity contribution in [3.63, 3.8) is 0 Å². The Morgan fingerprint density at radius 1 is 0.419 bits per heavy atom. The second-order valence-electron chi connectivity index (χ2n) is 22.0. The highest BCUT2D eigenvalue weighted by Gasteiger charge is 2.22. The molecular weight excluding hydrogens is 923 g/mol. The van der Waals surface area contributed by atoms with Crippen LogP contribution in [0, 0.1) is 0 Å². The monoisotopic (exact) mass is 1040 g/mol. The van der Waals surface area contributed by atoms with Gasteiger partial charge in [0, 0.05) is 12.8 Å². The van der Waals surface area contributed by atoms with E-state index in [1.165, 1.54) is 173 Å². The average Bonchev–Trinajstić information content (AvgIpc) is 3.37. The predicted octanol–water partition coefficient (Wildman–Crippen LogP) is 17.1. The van der Waals surface area contributed by atoms with E-state index in [2.05, 4.69) is 74.6 Å². The molecule has 0 aromatic rings. The van der Waals surface area contributed by atoms with Crippen molar-refractivity contribution in [1.29, 1.82) is 0 Å². The van der Waals surface area contributed by atoms with Gasteiger partial charge in [0.25, 0.3) is 0 Å². The highest BCUT2D eigenvalue weighted by Crippen LogP contribution is 2.17. The Balaban J connectivity index is 4.17. The van der Waals surface area contributed by atoms with Crippen LogP contribution in [0.4, 0.5) is 0 Å². The van der Waals surface area contributed by atoms with E-state index in [0.717, 1.165) is 70.6 Å². The van der Waals surface area contributed by atoms with Crippen molar-refractivity contribution < 1.29 is 42.9 Å². The van der Waals surface area contributed by atoms with E-state index >= 15 is 0 Å². The summed E-state index contributed by atoms with van der Waals surface area (Å²) in [6, 6.07) is 0. The minimum absolute atomic E-state index is 0.148. The van der Waals surface area contributed by atoms with Crippen molar-refractivity contribution in [2.75, 3.05) is 47.5 Å². The van der Waals surface area contributed by atoms with Crippen LogP contribution in [0.5, 0.6) is 0 Å². The van der Waals surface area contributed by atoms with Gasteiger partial charge in [-0.2, -0.15) is 0 Å². The molecule has 430 valence electrons. The number of hydrogen-bond acceptors (Lipinski definition) is 8. The van der Waals surface area contributed by atoms with Crippen molar-refractivity contribution in [3.8, 4) is 0 Å². The zero-order valence-electron chi connectivity index (χ0n) is 49.0. The van der Waals surface area contributed by atoms with Crippen LogP contribution in [0.3, 0.4) is 0 Å². The van der Waals surface area contributed by atoms with Crippen molar-refractivity contribution >= 4 is 17.9 Å². The van der Waals surface area contributed by atoms with Crippen molar-refractivity contribution in [2.45, 2.75) is 289 Å². The number of nitrogens with zero attached hydrogens (tertiary/aromatic N) is 1. The van der Waals surface area contributed by atoms with Crippen LogP contribution in [0.15, 0.2) is 60.8 Å². The van der Waals surface area contributed by atoms with Gasteiger partial charge in [-0.15, -0.1) is 0 Å². The number of unbranched alkanes of at least 4 members (excludes halogenated alkanes) is 32. The Morgan fingerprint density at radius 2 is 0.770 bits per heavy atom. The predicted molar refractivity (Wildman–Crippen MR) is 311 cm³/mol. The number of allylic oxidation sites excluding steroid dienone is 10. The van der Waals surface area contributed by atoms with Crippen molar-refractivity contribution in [1.82, 2.24) is 0 Å². The highest BCUT2D eigenvalue weighted by molar-refractivity contribution is 5.70. The minimum atomic E-state index is -1.62. The molecule has 0 amide bonds. The summed E-state index contributed by atoms with van der Waals surface area (Å²) in [5, 5.41) is 11.8. The third-order valence-electron chi connectivity index (χ3n) is 13.5. The molecular formula is C65H117NO8. The molecule has 0 aromatic heterocycles. The van der Waals surface area contributed by atoms with Gasteiger partial charge >= 0.3 is 11.9 Å². The molecule has 0 aliphatic carbocycles. The van der Waals surface area contributed by atoms with E-state index in [4.69, 9.17) is 18.9 Å². The number of likely N-dealkylation sites (N-methyl/N-ethyl adjacent to an activating group) is 1. The summed E-state index contributed by atoms with van der Waals surface area (Å²) in [6.45, 7) is 4.67. The number of carbonyl (C=O) groups excluding carboxylic acids is 3. The number of rotatable bonds is 57. The Hall–Kier alpha value is -3.01. The van der Waals surface area contributed by atoms with E-state index in [9.17, 15) is 19.5 Å². The Kier molecular flexibility index (Phi) is 53.9. The molecule has 9 heteroatoms. The molecule has 0 N–H and O–H groups in total. The van der Waals surface area contributed by atoms with E-state index < -0.39 is 24.3 Å². The SMILES string of the molecule is CC/C=C\C/C=C\C/C=C\C/C=C\C/C=C\CCCCCCCCCCCCCCCC(=O)OC(COC(=O)CCCCCCCCCCCCCCCCCCCCCC)COC(OCC[N+](C)(C)C)C(=O)[O-]. The zero-order valence-corrected chi connectivity index (χ0v) is 49.0. The summed E-state index contributed by atoms with van der Waals surface area (Å²) in [5.74, 6) is -2.27. The smallest absolute Gasteiger partial charge is 0.306 e. The summed E-state index contributed by atoms with van der Waals surface area (Å²) in [4.78, 5) is 37.4. The number of hydrogen-bond donors (Lipinski definition) is 0. The quantitative estimate of drug-likeness (QED) is 0.0195. The molecule has 0 aromatic carbocycles. The number of ether oxygens (including phenoxy) is 4. The summed E-state index contributed by atoms with van der Waals surface area (Å²) in [6.07, 6.45) is 68.4. The maximum Gasteiger partial charge on any atom is 0.306 e. The van der Waals surface area contributed by atoms with E-state index in [0.29, 0.717) is 23.9 Å². The molecule has 0 heterocycles. The molecule has 0 radical (unpaired) electrons. The lowest BCUT2D eigenvalue weighted by atomic mass is 10.0. The van der Waals surface area contributed by atoms with Gasteiger partial charge in [0.15, 0.2) is 12.4 Å². The topological polar surface area (TPSA) is 111 Å². The number of carbonyl (C=O) groups is 3. The first-order valence-corrected chi connectivity index (χ1v) is 30.9. The molecule has 0 bridgehead atoms. The van der Waals surface area contributed by atoms with E-state index in [-0.39, 0.29) is 32.2 Å². The Bertz CT molecular complexity index is 1400. The lowest BCUT2D eigenvalue weighted by molar-refractivity contribution is -0.870. The molecule has 0 aliphatic rings. The maximum atomic E-state index is 12.9. The standard InChI is InChI=1S/C65H117NO8/c1-6-8-10-12-14-16-18-20-22-24-26-28-29-30-31-32-33-34-35-36-38-40-42-44-46-48-50-52-54-56-63(68)74-61(60-73-65(64(69)70)71-58-57-66(3,4)5)59-72-62(67)55-53-51-49-47-45-43-41-39-37-27-25-23-21-19-17-15-13-11-9-7-2/h8,10,14,16,20,22,26,28,30-31,61,65H,6-7,9,11-13,15,17-19,21,23-25,27,29,32-60H2,1-5H3/b10-8-,16-14-,22-20-,28-26-,31-30-. The first kappa shape index (κ1) is 71.0. The second kappa shape index (κ2) is 56.2. The van der Waals surface area contributed by atoms with Gasteiger partial charge in [-0.25, -0.2) is 0 Å². The van der Waals surface area contributed by atoms with Crippen LogP contribution in [-0.2, 0) is 33.3 Å². The molecule has 0 aliphatic heterocycles. The molecule has 74 heavy (non-hydrogen) atoms. The lowest BCUT2D eigenvalue weighted by Gasteiger charge is -2.26. The first-order chi connectivity index (χ1) is 36.1. The van der Waals surface area contributed by atoms with Gasteiger partial charge < -0.3 is 33.3 Å². The van der Waals surface area contributed by atoms with Gasteiger partial charge in [0.1, 0.15) is 13.2 Å². The molecule has 0 spiro atoms. The van der Waals surface area contributed by atoms with Gasteiger partial charge in [0.2, 0.25) is 0 Å². The van der Waals surface area contributed by atoms with Crippen LogP contribution >= 0.6 is 0 Å². The molecule has 0 fully saturated rings. The van der Waals surface area contributed by atoms with Crippen LogP contribution < -0.4 is 5.11 Å². The highest BCUT2D eigenvalue weighted by atomic mass is 16.7. The fourth-order valence-corrected chi connectivity index (χ4v) is 8.80. The molecule has 2 unspecified atom stereocenters. The maximum absolute atomic E-state index is 12.9. The van der Waals surface area contributed by atoms with Gasteiger partial charge in [-0.1, -0.05) is 267 Å². The summed E-state index contributed by atoms with van der Waals surface area (Å²) in [7, 11) is 5.93. The zero-order chi connectivity index (χ0) is 54.1. The fraction of sp³-hybridized carbons (Fsp3) is 0.800. The summed E-state index contributed by atoms with van der Waals surface area (Å²) in [5.41, 5.74) is 0. The summed E-state index contributed by atoms with van der Waals surface area (Å²) >= 11 is 0. The van der Waals surface area contributed by atoms with Crippen LogP contribution in [-0.4, -0.2) is 82.3 Å². The van der Waals surface area contributed by atoms with Crippen LogP contribution in [0.1, 0.15) is 277 Å². The van der Waals surface area contributed by atoms with E-state index in [1.807, 2.05) is 21.1 Å². The molecule has 0 saturated carbocycles. The molecule has 0 rings (SSSR count). The lowest BCUT2D eigenvalue weighted by Crippen LogP contribution is -2.44. The van der Waals surface area contributed by atoms with Gasteiger partial charge in [0.05, 0.1) is 40.3 Å². The van der Waals surface area contributed by atoms with Crippen molar-refractivity contribution in [2.24, 2.45) is 0 Å². The number of aliphatic carboxylic acids is 1. The number of carboxylic acid groups (broad SMARTS) is 1. The third-order valence-corrected chi connectivity index (χ3v) is 13.5. The normalized spacial score (nSPS) is 13.1. The molecule has 2 atom stereocenters. The Morgan fingerprint density at radius 3 is 1.15 bits per heavy atom. The number of esters is 2. The Labute approximate surface area is 456 Å². The van der Waals surface area contributed by atoms with Crippen molar-refractivity contribution in [3.05, 3.63) is 60.8 Å². The largest absolute Gasteiger partial charge is 0.545 e. The van der Waals surface area contributed by atoms with Gasteiger partial charge in [-0.3, -0.25) is 9.59 Å².